The molecule has 2 heteroatoms. The lowest BCUT2D eigenvalue weighted by molar-refractivity contribution is -0.113. The van der Waals surface area contributed by atoms with Gasteiger partial charge in [0.2, 0.25) is 0 Å². The molecule has 66 valence electrons. The third kappa shape index (κ3) is 4.14. The Morgan fingerprint density at radius 2 is 1.75 bits per heavy atom. The van der Waals surface area contributed by atoms with E-state index in [-0.39, 0.29) is 5.78 Å². The molecule has 0 saturated heterocycles. The molecule has 0 aromatic heterocycles. The Morgan fingerprint density at radius 1 is 1.25 bits per heavy atom. The summed E-state index contributed by atoms with van der Waals surface area (Å²) >= 11 is 5.61. The fraction of sp³-hybridized carbons (Fsp3) is 0.300. The number of hydrogen-bond acceptors (Lipinski definition) is 1. The molecule has 0 atom stereocenters. The lowest BCUT2D eigenvalue weighted by Crippen LogP contribution is -1.95. The van der Waals surface area contributed by atoms with Gasteiger partial charge in [-0.3, -0.25) is 4.79 Å². The topological polar surface area (TPSA) is 17.1 Å². The molecular weight excluding hydrogens is 172 g/mol. The summed E-state index contributed by atoms with van der Waals surface area (Å²) in [6, 6.07) is 0. The van der Waals surface area contributed by atoms with Crippen molar-refractivity contribution in [3.63, 3.8) is 0 Å². The number of rotatable bonds is 3. The second-order valence-corrected chi connectivity index (χ2v) is 3.24. The molecule has 0 aliphatic carbocycles. The van der Waals surface area contributed by atoms with Crippen molar-refractivity contribution in [3.8, 4) is 0 Å². The van der Waals surface area contributed by atoms with Crippen LogP contribution in [-0.2, 0) is 4.79 Å². The van der Waals surface area contributed by atoms with Gasteiger partial charge in [-0.25, -0.2) is 0 Å². The van der Waals surface area contributed by atoms with E-state index >= 15 is 0 Å². The Balaban J connectivity index is 4.75. The van der Waals surface area contributed by atoms with E-state index in [0.29, 0.717) is 10.6 Å². The molecule has 0 unspecified atom stereocenters. The van der Waals surface area contributed by atoms with Gasteiger partial charge in [0.15, 0.2) is 5.78 Å². The highest BCUT2D eigenvalue weighted by Gasteiger charge is 2.03. The molecule has 0 amide bonds. The van der Waals surface area contributed by atoms with Crippen molar-refractivity contribution in [2.45, 2.75) is 20.8 Å². The second kappa shape index (κ2) is 4.94. The number of carbonyl (C=O) groups is 1. The van der Waals surface area contributed by atoms with Crippen LogP contribution in [0.1, 0.15) is 20.8 Å². The van der Waals surface area contributed by atoms with Crippen molar-refractivity contribution in [2.75, 3.05) is 0 Å². The molecule has 0 aliphatic heterocycles. The van der Waals surface area contributed by atoms with Gasteiger partial charge in [-0.05, 0) is 20.8 Å². The van der Waals surface area contributed by atoms with Crippen molar-refractivity contribution in [3.05, 3.63) is 34.9 Å². The first-order valence-electron chi connectivity index (χ1n) is 3.66. The molecule has 0 fully saturated rings. The summed E-state index contributed by atoms with van der Waals surface area (Å²) in [7, 11) is 0. The molecule has 0 aliphatic rings. The lowest BCUT2D eigenvalue weighted by Gasteiger charge is -1.97. The Hall–Kier alpha value is -0.820. The predicted molar refractivity (Wildman–Crippen MR) is 53.2 cm³/mol. The maximum Gasteiger partial charge on any atom is 0.161 e. The predicted octanol–water partition coefficient (Wildman–Crippen LogP) is 3.22. The summed E-state index contributed by atoms with van der Waals surface area (Å²) in [4.78, 5) is 11.0. The van der Waals surface area contributed by atoms with Crippen LogP contribution < -0.4 is 0 Å². The van der Waals surface area contributed by atoms with Crippen LogP contribution in [-0.4, -0.2) is 5.78 Å². The van der Waals surface area contributed by atoms with E-state index in [1.54, 1.807) is 6.08 Å². The van der Waals surface area contributed by atoms with Crippen molar-refractivity contribution >= 4 is 17.4 Å². The van der Waals surface area contributed by atoms with E-state index in [2.05, 4.69) is 6.58 Å². The van der Waals surface area contributed by atoms with E-state index in [0.717, 1.165) is 5.57 Å². The van der Waals surface area contributed by atoms with E-state index in [9.17, 15) is 4.79 Å². The highest BCUT2D eigenvalue weighted by Crippen LogP contribution is 2.13. The SMILES string of the molecule is C=C(Cl)/C(=C\C=C(C)C)C(C)=O. The van der Waals surface area contributed by atoms with Crippen molar-refractivity contribution in [1.29, 1.82) is 0 Å². The number of hydrogen-bond donors (Lipinski definition) is 0. The summed E-state index contributed by atoms with van der Waals surface area (Å²) in [5.41, 5.74) is 1.59. The lowest BCUT2D eigenvalue weighted by atomic mass is 10.1. The molecule has 0 rings (SSSR count). The molecule has 0 heterocycles. The summed E-state index contributed by atoms with van der Waals surface area (Å²) < 4.78 is 0. The Kier molecular flexibility index (Phi) is 4.60. The first kappa shape index (κ1) is 11.2. The third-order valence-electron chi connectivity index (χ3n) is 1.25. The molecule has 0 spiro atoms. The van der Waals surface area contributed by atoms with Crippen LogP contribution in [0.15, 0.2) is 34.9 Å². The zero-order valence-corrected chi connectivity index (χ0v) is 8.40. The number of carbonyl (C=O) groups excluding carboxylic acids is 1. The van der Waals surface area contributed by atoms with Crippen LogP contribution >= 0.6 is 11.6 Å². The summed E-state index contributed by atoms with van der Waals surface area (Å²) in [6.07, 6.45) is 3.53. The number of halogens is 1. The zero-order valence-electron chi connectivity index (χ0n) is 7.65. The minimum atomic E-state index is -0.0625. The van der Waals surface area contributed by atoms with E-state index < -0.39 is 0 Å². The summed E-state index contributed by atoms with van der Waals surface area (Å²) in [6.45, 7) is 8.87. The molecule has 0 N–H and O–H groups in total. The fourth-order valence-electron chi connectivity index (χ4n) is 0.649. The van der Waals surface area contributed by atoms with Gasteiger partial charge in [-0.2, -0.15) is 0 Å². The molecule has 1 nitrogen and oxygen atoms in total. The highest BCUT2D eigenvalue weighted by atomic mass is 35.5. The van der Waals surface area contributed by atoms with Gasteiger partial charge in [0.05, 0.1) is 0 Å². The Labute approximate surface area is 78.4 Å². The van der Waals surface area contributed by atoms with Gasteiger partial charge in [0.25, 0.3) is 0 Å². The Bertz CT molecular complexity index is 239. The minimum Gasteiger partial charge on any atom is -0.294 e. The van der Waals surface area contributed by atoms with Crippen LogP contribution in [0.25, 0.3) is 0 Å². The molecule has 0 saturated carbocycles. The molecule has 0 aromatic carbocycles. The first-order chi connectivity index (χ1) is 5.45. The summed E-state index contributed by atoms with van der Waals surface area (Å²) in [5, 5.41) is 0.292. The van der Waals surface area contributed by atoms with E-state index in [1.165, 1.54) is 6.92 Å². The zero-order chi connectivity index (χ0) is 9.72. The van der Waals surface area contributed by atoms with E-state index in [1.807, 2.05) is 19.9 Å². The highest BCUT2D eigenvalue weighted by molar-refractivity contribution is 6.35. The second-order valence-electron chi connectivity index (χ2n) is 2.79. The van der Waals surface area contributed by atoms with Gasteiger partial charge in [-0.15, -0.1) is 0 Å². The molecular formula is C10H13ClO. The quantitative estimate of drug-likeness (QED) is 0.486. The average Bonchev–Trinajstić information content (AvgIpc) is 1.84. The average molecular weight is 185 g/mol. The molecule has 0 radical (unpaired) electrons. The third-order valence-corrected chi connectivity index (χ3v) is 1.46. The molecule has 12 heavy (non-hydrogen) atoms. The smallest absolute Gasteiger partial charge is 0.161 e. The van der Waals surface area contributed by atoms with Crippen molar-refractivity contribution < 1.29 is 4.79 Å². The van der Waals surface area contributed by atoms with Crippen LogP contribution in [0.3, 0.4) is 0 Å². The van der Waals surface area contributed by atoms with Gasteiger partial charge in [-0.1, -0.05) is 35.9 Å². The van der Waals surface area contributed by atoms with Crippen molar-refractivity contribution in [1.82, 2.24) is 0 Å². The fourth-order valence-corrected chi connectivity index (χ4v) is 0.845. The largest absolute Gasteiger partial charge is 0.294 e. The summed E-state index contributed by atoms with van der Waals surface area (Å²) in [5.74, 6) is -0.0625. The molecule has 0 aromatic rings. The van der Waals surface area contributed by atoms with Gasteiger partial charge in [0.1, 0.15) is 0 Å². The van der Waals surface area contributed by atoms with Gasteiger partial charge >= 0.3 is 0 Å². The monoisotopic (exact) mass is 184 g/mol. The Morgan fingerprint density at radius 3 is 2.00 bits per heavy atom. The minimum absolute atomic E-state index is 0.0625. The number of ketones is 1. The normalized spacial score (nSPS) is 10.8. The van der Waals surface area contributed by atoms with Crippen molar-refractivity contribution in [2.24, 2.45) is 0 Å². The van der Waals surface area contributed by atoms with E-state index in [4.69, 9.17) is 11.6 Å². The standard InChI is InChI=1S/C10H13ClO/c1-7(2)5-6-10(8(3)11)9(4)12/h5-6H,3H2,1-2,4H3/b10-6+. The maximum atomic E-state index is 11.0. The first-order valence-corrected chi connectivity index (χ1v) is 4.04. The van der Waals surface area contributed by atoms with Crippen LogP contribution in [0.5, 0.6) is 0 Å². The van der Waals surface area contributed by atoms with Crippen LogP contribution in [0, 0.1) is 0 Å². The number of Topliss-reactive ketones (excluding diaryl/α,β-unsaturated/α-hetero) is 1. The number of allylic oxidation sites excluding steroid dienone is 5. The molecule has 0 bridgehead atoms. The van der Waals surface area contributed by atoms with Gasteiger partial charge < -0.3 is 0 Å². The van der Waals surface area contributed by atoms with Gasteiger partial charge in [0, 0.05) is 10.6 Å². The van der Waals surface area contributed by atoms with Crippen LogP contribution in [0.2, 0.25) is 0 Å². The van der Waals surface area contributed by atoms with Crippen LogP contribution in [0.4, 0.5) is 0 Å². The maximum absolute atomic E-state index is 11.0.